The van der Waals surface area contributed by atoms with Crippen molar-refractivity contribution in [2.75, 3.05) is 0 Å². The van der Waals surface area contributed by atoms with Gasteiger partial charge < -0.3 is 4.74 Å². The van der Waals surface area contributed by atoms with E-state index in [1.165, 1.54) is 22.1 Å². The number of para-hydroxylation sites is 4. The molecule has 0 N–H and O–H groups in total. The van der Waals surface area contributed by atoms with Gasteiger partial charge in [0.25, 0.3) is 0 Å². The number of imidazole rings is 1. The standard InChI is InChI=1S/C49H42N4O/c1-48(2,3)36-28-33(47-51-42-21-13-15-23-44(42)52(47)37-18-10-7-11-19-37)29-39(30-36)54-38-24-25-41-40-20-12-14-22-43(40)53(45(41)32-38)46-31-35(26-27-50-46)49(4,5)34-16-8-6-9-17-34/h6-32H,1-5H3. The molecule has 9 rings (SSSR count). The lowest BCUT2D eigenvalue weighted by atomic mass is 9.78. The normalized spacial score (nSPS) is 12.2. The number of hydrogen-bond acceptors (Lipinski definition) is 3. The molecule has 0 saturated carbocycles. The molecule has 5 nitrogen and oxygen atoms in total. The molecule has 264 valence electrons. The molecule has 3 heterocycles. The molecule has 5 heteroatoms. The summed E-state index contributed by atoms with van der Waals surface area (Å²) in [6, 6.07) is 55.3. The Bertz CT molecular complexity index is 2800. The molecular formula is C49H42N4O. The van der Waals surface area contributed by atoms with Crippen molar-refractivity contribution in [3.05, 3.63) is 181 Å². The summed E-state index contributed by atoms with van der Waals surface area (Å²) < 4.78 is 11.4. The quantitative estimate of drug-likeness (QED) is 0.166. The van der Waals surface area contributed by atoms with Gasteiger partial charge in [-0.05, 0) is 94.9 Å². The lowest BCUT2D eigenvalue weighted by Gasteiger charge is -2.26. The third-order valence-electron chi connectivity index (χ3n) is 10.7. The van der Waals surface area contributed by atoms with Crippen LogP contribution in [0.1, 0.15) is 51.3 Å². The van der Waals surface area contributed by atoms with Crippen molar-refractivity contribution in [1.82, 2.24) is 19.1 Å². The van der Waals surface area contributed by atoms with E-state index in [-0.39, 0.29) is 10.8 Å². The van der Waals surface area contributed by atoms with Gasteiger partial charge in [-0.3, -0.25) is 9.13 Å². The molecular weight excluding hydrogens is 661 g/mol. The van der Waals surface area contributed by atoms with E-state index in [1.807, 2.05) is 18.3 Å². The van der Waals surface area contributed by atoms with Gasteiger partial charge in [0.15, 0.2) is 0 Å². The van der Waals surface area contributed by atoms with E-state index in [0.717, 1.165) is 61.8 Å². The first-order valence-corrected chi connectivity index (χ1v) is 18.6. The lowest BCUT2D eigenvalue weighted by Crippen LogP contribution is -2.19. The molecule has 0 radical (unpaired) electrons. The number of fused-ring (bicyclic) bond motifs is 4. The van der Waals surface area contributed by atoms with E-state index < -0.39 is 0 Å². The lowest BCUT2D eigenvalue weighted by molar-refractivity contribution is 0.479. The highest BCUT2D eigenvalue weighted by Gasteiger charge is 2.25. The van der Waals surface area contributed by atoms with Gasteiger partial charge in [-0.15, -0.1) is 0 Å². The summed E-state index contributed by atoms with van der Waals surface area (Å²) >= 11 is 0. The van der Waals surface area contributed by atoms with Crippen molar-refractivity contribution < 1.29 is 4.74 Å². The highest BCUT2D eigenvalue weighted by Crippen LogP contribution is 2.39. The molecule has 6 aromatic carbocycles. The fraction of sp³-hybridized carbons (Fsp3) is 0.143. The van der Waals surface area contributed by atoms with Crippen LogP contribution in [0.25, 0.3) is 55.7 Å². The van der Waals surface area contributed by atoms with Gasteiger partial charge >= 0.3 is 0 Å². The van der Waals surface area contributed by atoms with Crippen LogP contribution in [0, 0.1) is 0 Å². The molecule has 54 heavy (non-hydrogen) atoms. The van der Waals surface area contributed by atoms with Crippen molar-refractivity contribution >= 4 is 32.8 Å². The molecule has 3 aromatic heterocycles. The number of rotatable bonds is 7. The third-order valence-corrected chi connectivity index (χ3v) is 10.7. The van der Waals surface area contributed by atoms with Crippen LogP contribution >= 0.6 is 0 Å². The number of pyridine rings is 1. The molecule has 0 fully saturated rings. The summed E-state index contributed by atoms with van der Waals surface area (Å²) in [6.45, 7) is 11.3. The first kappa shape index (κ1) is 33.4. The number of ether oxygens (including phenoxy) is 1. The molecule has 0 aliphatic heterocycles. The van der Waals surface area contributed by atoms with Crippen molar-refractivity contribution in [3.63, 3.8) is 0 Å². The van der Waals surface area contributed by atoms with Gasteiger partial charge in [0.05, 0.1) is 22.1 Å². The number of hydrogen-bond donors (Lipinski definition) is 0. The highest BCUT2D eigenvalue weighted by atomic mass is 16.5. The molecule has 0 atom stereocenters. The van der Waals surface area contributed by atoms with Gasteiger partial charge in [0, 0.05) is 39.7 Å². The number of aromatic nitrogens is 4. The maximum absolute atomic E-state index is 6.86. The molecule has 0 aliphatic rings. The van der Waals surface area contributed by atoms with Crippen molar-refractivity contribution in [3.8, 4) is 34.4 Å². The van der Waals surface area contributed by atoms with Crippen molar-refractivity contribution in [2.24, 2.45) is 0 Å². The van der Waals surface area contributed by atoms with Crippen LogP contribution in [-0.4, -0.2) is 19.1 Å². The van der Waals surface area contributed by atoms with Gasteiger partial charge in [-0.2, -0.15) is 0 Å². The number of benzene rings is 6. The second-order valence-corrected chi connectivity index (χ2v) is 15.6. The summed E-state index contributed by atoms with van der Waals surface area (Å²) in [5.74, 6) is 3.26. The Hall–Kier alpha value is -6.46. The van der Waals surface area contributed by atoms with E-state index in [9.17, 15) is 0 Å². The first-order chi connectivity index (χ1) is 26.1. The number of nitrogens with zero attached hydrogens (tertiary/aromatic N) is 4. The van der Waals surface area contributed by atoms with Gasteiger partial charge in [0.1, 0.15) is 23.1 Å². The predicted molar refractivity (Wildman–Crippen MR) is 222 cm³/mol. The Kier molecular flexibility index (Phi) is 7.97. The average molecular weight is 703 g/mol. The maximum Gasteiger partial charge on any atom is 0.145 e. The van der Waals surface area contributed by atoms with Crippen molar-refractivity contribution in [2.45, 2.75) is 45.4 Å². The summed E-state index contributed by atoms with van der Waals surface area (Å²) in [6.07, 6.45) is 1.93. The molecule has 0 aliphatic carbocycles. The minimum atomic E-state index is -0.206. The van der Waals surface area contributed by atoms with Crippen LogP contribution in [0.2, 0.25) is 0 Å². The van der Waals surface area contributed by atoms with Crippen LogP contribution in [0.5, 0.6) is 11.5 Å². The van der Waals surface area contributed by atoms with E-state index in [2.05, 4.69) is 189 Å². The smallest absolute Gasteiger partial charge is 0.145 e. The van der Waals surface area contributed by atoms with Crippen LogP contribution < -0.4 is 4.74 Å². The van der Waals surface area contributed by atoms with Crippen LogP contribution in [0.15, 0.2) is 164 Å². The summed E-state index contributed by atoms with van der Waals surface area (Å²) in [4.78, 5) is 10.1. The van der Waals surface area contributed by atoms with Crippen LogP contribution in [0.3, 0.4) is 0 Å². The molecule has 9 aromatic rings. The Morgan fingerprint density at radius 2 is 1.19 bits per heavy atom. The third kappa shape index (κ3) is 5.82. The largest absolute Gasteiger partial charge is 0.457 e. The van der Waals surface area contributed by atoms with Gasteiger partial charge in [-0.1, -0.05) is 113 Å². The van der Waals surface area contributed by atoms with Gasteiger partial charge in [-0.25, -0.2) is 9.97 Å². The zero-order chi connectivity index (χ0) is 37.0. The summed E-state index contributed by atoms with van der Waals surface area (Å²) in [7, 11) is 0. The fourth-order valence-corrected chi connectivity index (χ4v) is 7.63. The SMILES string of the molecule is CC(C)(C)c1cc(Oc2ccc3c4ccccc4n(-c4cc(C(C)(C)c5ccccc5)ccn4)c3c2)cc(-c2nc3ccccc3n2-c2ccccc2)c1. The second kappa shape index (κ2) is 12.9. The zero-order valence-corrected chi connectivity index (χ0v) is 31.3. The zero-order valence-electron chi connectivity index (χ0n) is 31.3. The van der Waals surface area contributed by atoms with E-state index in [4.69, 9.17) is 14.7 Å². The summed E-state index contributed by atoms with van der Waals surface area (Å²) in [5.41, 5.74) is 9.50. The summed E-state index contributed by atoms with van der Waals surface area (Å²) in [5, 5.41) is 2.32. The monoisotopic (exact) mass is 702 g/mol. The second-order valence-electron chi connectivity index (χ2n) is 15.6. The van der Waals surface area contributed by atoms with Crippen molar-refractivity contribution in [1.29, 1.82) is 0 Å². The Balaban J connectivity index is 1.18. The van der Waals surface area contributed by atoms with E-state index >= 15 is 0 Å². The van der Waals surface area contributed by atoms with E-state index in [0.29, 0.717) is 0 Å². The molecule has 0 unspecified atom stereocenters. The molecule has 0 amide bonds. The Morgan fingerprint density at radius 3 is 1.96 bits per heavy atom. The van der Waals surface area contributed by atoms with E-state index in [1.54, 1.807) is 0 Å². The Morgan fingerprint density at radius 1 is 0.500 bits per heavy atom. The first-order valence-electron chi connectivity index (χ1n) is 18.6. The minimum absolute atomic E-state index is 0.127. The van der Waals surface area contributed by atoms with Gasteiger partial charge in [0.2, 0.25) is 0 Å². The average Bonchev–Trinajstić information content (AvgIpc) is 3.74. The maximum atomic E-state index is 6.86. The minimum Gasteiger partial charge on any atom is -0.457 e. The molecule has 0 spiro atoms. The van der Waals surface area contributed by atoms with Crippen LogP contribution in [0.4, 0.5) is 0 Å². The topological polar surface area (TPSA) is 44.9 Å². The Labute approximate surface area is 316 Å². The fourth-order valence-electron chi connectivity index (χ4n) is 7.63. The highest BCUT2D eigenvalue weighted by molar-refractivity contribution is 6.09. The van der Waals surface area contributed by atoms with Crippen LogP contribution in [-0.2, 0) is 10.8 Å². The molecule has 0 bridgehead atoms. The molecule has 0 saturated heterocycles. The predicted octanol–water partition coefficient (Wildman–Crippen LogP) is 12.6.